The van der Waals surface area contributed by atoms with Crippen LogP contribution in [0, 0.1) is 5.41 Å². The zero-order valence-corrected chi connectivity index (χ0v) is 7.86. The molecule has 0 aliphatic heterocycles. The highest BCUT2D eigenvalue weighted by atomic mass is 79.9. The Labute approximate surface area is 70.3 Å². The van der Waals surface area contributed by atoms with Crippen molar-refractivity contribution < 1.29 is 4.79 Å². The molecule has 1 rings (SSSR count). The van der Waals surface area contributed by atoms with E-state index in [1.54, 1.807) is 0 Å². The summed E-state index contributed by atoms with van der Waals surface area (Å²) >= 11 is 3.39. The largest absolute Gasteiger partial charge is 0.302 e. The number of carbonyl (C=O) groups excluding carboxylic acids is 1. The van der Waals surface area contributed by atoms with Crippen LogP contribution in [-0.2, 0) is 4.79 Å². The molecule has 0 bridgehead atoms. The lowest BCUT2D eigenvalue weighted by Gasteiger charge is -2.25. The van der Waals surface area contributed by atoms with Crippen molar-refractivity contribution in [3.8, 4) is 0 Å². The number of halogens is 1. The first-order valence-electron chi connectivity index (χ1n) is 3.78. The van der Waals surface area contributed by atoms with Gasteiger partial charge in [-0.1, -0.05) is 35.7 Å². The Morgan fingerprint density at radius 2 is 2.00 bits per heavy atom. The minimum atomic E-state index is 0.0718. The van der Waals surface area contributed by atoms with Crippen molar-refractivity contribution in [3.05, 3.63) is 0 Å². The number of rotatable bonds is 2. The van der Waals surface area contributed by atoms with Gasteiger partial charge in [0.05, 0.1) is 4.83 Å². The Hall–Kier alpha value is 0.150. The lowest BCUT2D eigenvalue weighted by Crippen LogP contribution is -2.25. The molecule has 1 nitrogen and oxygen atoms in total. The molecule has 1 aliphatic rings. The van der Waals surface area contributed by atoms with Crippen LogP contribution in [0.5, 0.6) is 0 Å². The molecule has 1 unspecified atom stereocenters. The third-order valence-corrected chi connectivity index (χ3v) is 3.85. The molecule has 1 atom stereocenters. The molecule has 0 aromatic heterocycles. The smallest absolute Gasteiger partial charge is 0.134 e. The third-order valence-electron chi connectivity index (χ3n) is 2.53. The third kappa shape index (κ3) is 1.42. The number of aldehydes is 1. The van der Waals surface area contributed by atoms with Crippen LogP contribution in [0.15, 0.2) is 0 Å². The maximum absolute atomic E-state index is 10.5. The highest BCUT2D eigenvalue weighted by Crippen LogP contribution is 2.42. The van der Waals surface area contributed by atoms with Gasteiger partial charge in [0, 0.05) is 0 Å². The van der Waals surface area contributed by atoms with Crippen LogP contribution in [0.3, 0.4) is 0 Å². The molecule has 1 aliphatic carbocycles. The second-order valence-electron chi connectivity index (χ2n) is 3.40. The summed E-state index contributed by atoms with van der Waals surface area (Å²) in [5, 5.41) is 0. The van der Waals surface area contributed by atoms with Gasteiger partial charge in [0.15, 0.2) is 0 Å². The highest BCUT2D eigenvalue weighted by molar-refractivity contribution is 9.10. The van der Waals surface area contributed by atoms with Crippen LogP contribution in [0.1, 0.15) is 32.6 Å². The molecule has 0 heterocycles. The van der Waals surface area contributed by atoms with E-state index in [2.05, 4.69) is 22.9 Å². The van der Waals surface area contributed by atoms with E-state index in [0.717, 1.165) is 6.29 Å². The predicted molar refractivity (Wildman–Crippen MR) is 45.4 cm³/mol. The molecule has 0 radical (unpaired) electrons. The minimum Gasteiger partial charge on any atom is -0.302 e. The van der Waals surface area contributed by atoms with Gasteiger partial charge < -0.3 is 4.79 Å². The maximum atomic E-state index is 10.5. The van der Waals surface area contributed by atoms with Gasteiger partial charge >= 0.3 is 0 Å². The van der Waals surface area contributed by atoms with Gasteiger partial charge in [-0.15, -0.1) is 0 Å². The average Bonchev–Trinajstić information content (AvgIpc) is 2.36. The van der Waals surface area contributed by atoms with Crippen LogP contribution < -0.4 is 0 Å². The van der Waals surface area contributed by atoms with Gasteiger partial charge in [0.2, 0.25) is 0 Å². The van der Waals surface area contributed by atoms with Crippen LogP contribution in [0.4, 0.5) is 0 Å². The first-order valence-corrected chi connectivity index (χ1v) is 4.70. The number of hydrogen-bond acceptors (Lipinski definition) is 1. The maximum Gasteiger partial charge on any atom is 0.134 e. The van der Waals surface area contributed by atoms with E-state index in [-0.39, 0.29) is 10.2 Å². The van der Waals surface area contributed by atoms with Gasteiger partial charge in [-0.2, -0.15) is 0 Å². The molecule has 58 valence electrons. The molecule has 0 N–H and O–H groups in total. The Morgan fingerprint density at radius 3 is 2.40 bits per heavy atom. The summed E-state index contributed by atoms with van der Waals surface area (Å²) in [5.41, 5.74) is 0.252. The summed E-state index contributed by atoms with van der Waals surface area (Å²) in [4.78, 5) is 10.5. The molecular formula is C8H13BrO. The highest BCUT2D eigenvalue weighted by Gasteiger charge is 2.34. The predicted octanol–water partition coefficient (Wildman–Crippen LogP) is 2.53. The zero-order chi connectivity index (χ0) is 7.61. The van der Waals surface area contributed by atoms with Gasteiger partial charge in [0.1, 0.15) is 6.29 Å². The van der Waals surface area contributed by atoms with Crippen LogP contribution >= 0.6 is 15.9 Å². The second kappa shape index (κ2) is 3.04. The van der Waals surface area contributed by atoms with Gasteiger partial charge in [-0.05, 0) is 18.3 Å². The fraction of sp³-hybridized carbons (Fsp3) is 0.875. The fourth-order valence-corrected chi connectivity index (χ4v) is 2.08. The Kier molecular flexibility index (Phi) is 2.50. The monoisotopic (exact) mass is 204 g/mol. The molecule has 0 spiro atoms. The van der Waals surface area contributed by atoms with Gasteiger partial charge in [-0.3, -0.25) is 0 Å². The summed E-state index contributed by atoms with van der Waals surface area (Å²) in [6, 6.07) is 0. The molecule has 0 amide bonds. The lowest BCUT2D eigenvalue weighted by atomic mass is 9.86. The zero-order valence-electron chi connectivity index (χ0n) is 6.27. The Morgan fingerprint density at radius 1 is 1.50 bits per heavy atom. The van der Waals surface area contributed by atoms with Gasteiger partial charge in [-0.25, -0.2) is 0 Å². The molecule has 0 aromatic rings. The number of hydrogen-bond donors (Lipinski definition) is 0. The number of alkyl halides is 1. The lowest BCUT2D eigenvalue weighted by molar-refractivity contribution is -0.108. The molecule has 0 saturated heterocycles. The average molecular weight is 205 g/mol. The van der Waals surface area contributed by atoms with E-state index in [1.807, 2.05) is 0 Å². The normalized spacial score (nSPS) is 26.2. The van der Waals surface area contributed by atoms with E-state index >= 15 is 0 Å². The van der Waals surface area contributed by atoms with E-state index in [1.165, 1.54) is 25.7 Å². The Bertz CT molecular complexity index is 127. The quantitative estimate of drug-likeness (QED) is 0.500. The summed E-state index contributed by atoms with van der Waals surface area (Å²) in [5.74, 6) is 0. The van der Waals surface area contributed by atoms with Crippen LogP contribution in [0.2, 0.25) is 0 Å². The number of carbonyl (C=O) groups is 1. The molecule has 10 heavy (non-hydrogen) atoms. The van der Waals surface area contributed by atoms with Crippen molar-refractivity contribution in [1.82, 2.24) is 0 Å². The van der Waals surface area contributed by atoms with Gasteiger partial charge in [0.25, 0.3) is 0 Å². The van der Waals surface area contributed by atoms with Crippen LogP contribution in [-0.4, -0.2) is 11.1 Å². The van der Waals surface area contributed by atoms with E-state index in [0.29, 0.717) is 0 Å². The van der Waals surface area contributed by atoms with E-state index < -0.39 is 0 Å². The van der Waals surface area contributed by atoms with Crippen molar-refractivity contribution in [1.29, 1.82) is 0 Å². The molecule has 2 heteroatoms. The topological polar surface area (TPSA) is 17.1 Å². The van der Waals surface area contributed by atoms with Crippen molar-refractivity contribution in [2.45, 2.75) is 37.4 Å². The molecular weight excluding hydrogens is 192 g/mol. The standard InChI is InChI=1S/C8H13BrO/c1-8(7(9)6-10)4-2-3-5-8/h6-7H,2-5H2,1H3. The van der Waals surface area contributed by atoms with Crippen LogP contribution in [0.25, 0.3) is 0 Å². The first kappa shape index (κ1) is 8.25. The fourth-order valence-electron chi connectivity index (χ4n) is 1.62. The summed E-state index contributed by atoms with van der Waals surface area (Å²) in [7, 11) is 0. The Balaban J connectivity index is 2.57. The summed E-state index contributed by atoms with van der Waals surface area (Å²) in [6.07, 6.45) is 5.98. The minimum absolute atomic E-state index is 0.0718. The first-order chi connectivity index (χ1) is 4.69. The SMILES string of the molecule is CC1(C(Br)C=O)CCCC1. The summed E-state index contributed by atoms with van der Waals surface area (Å²) in [6.45, 7) is 2.19. The molecule has 1 saturated carbocycles. The van der Waals surface area contributed by atoms with Crippen molar-refractivity contribution >= 4 is 22.2 Å². The van der Waals surface area contributed by atoms with E-state index in [4.69, 9.17) is 0 Å². The second-order valence-corrected chi connectivity index (χ2v) is 4.39. The molecule has 1 fully saturated rings. The van der Waals surface area contributed by atoms with E-state index in [9.17, 15) is 4.79 Å². The molecule has 0 aromatic carbocycles. The summed E-state index contributed by atoms with van der Waals surface area (Å²) < 4.78 is 0. The van der Waals surface area contributed by atoms with Crippen molar-refractivity contribution in [2.24, 2.45) is 5.41 Å². The van der Waals surface area contributed by atoms with Crippen molar-refractivity contribution in [2.75, 3.05) is 0 Å². The van der Waals surface area contributed by atoms with Crippen molar-refractivity contribution in [3.63, 3.8) is 0 Å².